The number of amides is 1. The molecule has 4 N–H and O–H groups in total. The van der Waals surface area contributed by atoms with Crippen molar-refractivity contribution in [3.8, 4) is 11.4 Å². The van der Waals surface area contributed by atoms with Gasteiger partial charge in [-0.3, -0.25) is 9.36 Å². The zero-order valence-corrected chi connectivity index (χ0v) is 19.5. The van der Waals surface area contributed by atoms with E-state index in [0.29, 0.717) is 17.1 Å². The van der Waals surface area contributed by atoms with E-state index in [2.05, 4.69) is 12.2 Å². The van der Waals surface area contributed by atoms with Crippen molar-refractivity contribution in [1.82, 2.24) is 19.7 Å². The average Bonchev–Trinajstić information content (AvgIpc) is 3.08. The van der Waals surface area contributed by atoms with Gasteiger partial charge in [0.05, 0.1) is 6.61 Å². The summed E-state index contributed by atoms with van der Waals surface area (Å²) in [5.74, 6) is 0.252. The van der Waals surface area contributed by atoms with Gasteiger partial charge in [0, 0.05) is 19.0 Å². The quantitative estimate of drug-likeness (QED) is 0.346. The van der Waals surface area contributed by atoms with E-state index in [0.717, 1.165) is 30.4 Å². The Morgan fingerprint density at radius 3 is 2.50 bits per heavy atom. The molecule has 9 nitrogen and oxygen atoms in total. The Bertz CT molecular complexity index is 974. The Hall–Kier alpha value is -2.11. The molecule has 0 unspecified atom stereocenters. The number of ether oxygens (including phenoxy) is 1. The third-order valence-corrected chi connectivity index (χ3v) is 6.10. The molecule has 1 amide bonds. The van der Waals surface area contributed by atoms with E-state index in [1.165, 1.54) is 11.6 Å². The lowest BCUT2D eigenvalue weighted by Crippen LogP contribution is -2.62. The number of aromatic nitrogens is 3. The topological polar surface area (TPSA) is 122 Å². The van der Waals surface area contributed by atoms with Gasteiger partial charge in [0.2, 0.25) is 10.7 Å². The predicted molar refractivity (Wildman–Crippen MR) is 121 cm³/mol. The number of benzene rings is 1. The van der Waals surface area contributed by atoms with Crippen molar-refractivity contribution in [3.63, 3.8) is 0 Å². The van der Waals surface area contributed by atoms with E-state index in [9.17, 15) is 20.1 Å². The number of aliphatic hydroxyl groups excluding tert-OH is 3. The van der Waals surface area contributed by atoms with Gasteiger partial charge < -0.3 is 25.4 Å². The molecule has 5 atom stereocenters. The lowest BCUT2D eigenvalue weighted by atomic mass is 9.96. The zero-order chi connectivity index (χ0) is 23.4. The van der Waals surface area contributed by atoms with Crippen molar-refractivity contribution >= 4 is 18.1 Å². The number of carbonyl (C=O) groups excluding carboxylic acids is 1. The van der Waals surface area contributed by atoms with E-state index in [1.807, 2.05) is 35.8 Å². The van der Waals surface area contributed by atoms with Crippen molar-refractivity contribution in [2.75, 3.05) is 6.61 Å². The Balaban J connectivity index is 2.09. The first-order valence-electron chi connectivity index (χ1n) is 10.9. The highest BCUT2D eigenvalue weighted by molar-refractivity contribution is 7.71. The van der Waals surface area contributed by atoms with Crippen LogP contribution in [0.2, 0.25) is 0 Å². The first-order chi connectivity index (χ1) is 15.3. The fraction of sp³-hybridized carbons (Fsp3) is 0.591. The van der Waals surface area contributed by atoms with Gasteiger partial charge in [-0.1, -0.05) is 49.6 Å². The molecule has 3 rings (SSSR count). The number of hydrogen-bond donors (Lipinski definition) is 4. The minimum atomic E-state index is -1.37. The summed E-state index contributed by atoms with van der Waals surface area (Å²) in [4.78, 5) is 11.8. The number of unbranched alkanes of at least 4 members (excludes halogenated alkanes) is 2. The highest BCUT2D eigenvalue weighted by atomic mass is 32.1. The molecule has 176 valence electrons. The summed E-state index contributed by atoms with van der Waals surface area (Å²) in [5.41, 5.74) is 2.00. The maximum atomic E-state index is 11.8. The van der Waals surface area contributed by atoms with Gasteiger partial charge in [0.1, 0.15) is 24.4 Å². The highest BCUT2D eigenvalue weighted by Crippen LogP contribution is 2.30. The Kier molecular flexibility index (Phi) is 8.18. The van der Waals surface area contributed by atoms with Crippen molar-refractivity contribution in [2.45, 2.75) is 77.2 Å². The summed E-state index contributed by atoms with van der Waals surface area (Å²) in [7, 11) is 0. The standard InChI is InChI=1S/C22H32N4O5S/c1-4-5-6-11-25-20(15-9-7-13(2)8-10-15)24-26(22(25)32)21-17(23-14(3)28)19(30)18(29)16(12-27)31-21/h7-10,16-19,21,27,29-30H,4-6,11-12H2,1-3H3,(H,23,28)/t16-,17-,18-,19-,21-/m1/s1. The second kappa shape index (κ2) is 10.7. The lowest BCUT2D eigenvalue weighted by molar-refractivity contribution is -0.219. The molecule has 0 aliphatic carbocycles. The number of nitrogens with zero attached hydrogens (tertiary/aromatic N) is 3. The van der Waals surface area contributed by atoms with Crippen molar-refractivity contribution in [1.29, 1.82) is 0 Å². The number of hydrogen-bond acceptors (Lipinski definition) is 7. The molecule has 1 saturated heterocycles. The molecule has 1 fully saturated rings. The van der Waals surface area contributed by atoms with E-state index in [-0.39, 0.29) is 0 Å². The van der Waals surface area contributed by atoms with Gasteiger partial charge >= 0.3 is 0 Å². The van der Waals surface area contributed by atoms with Crippen LogP contribution >= 0.6 is 12.2 Å². The van der Waals surface area contributed by atoms with Crippen LogP contribution in [0, 0.1) is 11.7 Å². The Labute approximate surface area is 192 Å². The van der Waals surface area contributed by atoms with Gasteiger partial charge in [0.15, 0.2) is 12.1 Å². The molecule has 0 spiro atoms. The van der Waals surface area contributed by atoms with Crippen molar-refractivity contribution < 1.29 is 24.9 Å². The van der Waals surface area contributed by atoms with E-state index in [1.54, 1.807) is 0 Å². The second-order valence-corrected chi connectivity index (χ2v) is 8.60. The molecule has 0 saturated carbocycles. The summed E-state index contributed by atoms with van der Waals surface area (Å²) >= 11 is 5.74. The minimum Gasteiger partial charge on any atom is -0.394 e. The van der Waals surface area contributed by atoms with Crippen LogP contribution in [-0.4, -0.2) is 66.5 Å². The van der Waals surface area contributed by atoms with E-state index >= 15 is 0 Å². The van der Waals surface area contributed by atoms with Gasteiger partial charge in [-0.25, -0.2) is 4.68 Å². The van der Waals surface area contributed by atoms with Gasteiger partial charge in [-0.15, -0.1) is 5.10 Å². The maximum Gasteiger partial charge on any atom is 0.217 e. The molecule has 10 heteroatoms. The summed E-state index contributed by atoms with van der Waals surface area (Å²) in [6.07, 6.45) is -1.79. The third-order valence-electron chi connectivity index (χ3n) is 5.69. The SMILES string of the molecule is CCCCCn1c(-c2ccc(C)cc2)nn([C@@H]2O[C@H](CO)[C@@H](O)[C@H](O)[C@H]2NC(C)=O)c1=S. The lowest BCUT2D eigenvalue weighted by Gasteiger charge is -2.42. The second-order valence-electron chi connectivity index (χ2n) is 8.23. The number of carbonyl (C=O) groups is 1. The monoisotopic (exact) mass is 464 g/mol. The fourth-order valence-electron chi connectivity index (χ4n) is 3.91. The molecular formula is C22H32N4O5S. The average molecular weight is 465 g/mol. The predicted octanol–water partition coefficient (Wildman–Crippen LogP) is 1.70. The molecule has 1 aromatic heterocycles. The van der Waals surface area contributed by atoms with E-state index in [4.69, 9.17) is 22.1 Å². The van der Waals surface area contributed by atoms with Crippen LogP contribution < -0.4 is 5.32 Å². The number of aryl methyl sites for hydroxylation is 1. The smallest absolute Gasteiger partial charge is 0.217 e. The normalized spacial score (nSPS) is 25.6. The molecular weight excluding hydrogens is 432 g/mol. The maximum absolute atomic E-state index is 11.8. The fourth-order valence-corrected chi connectivity index (χ4v) is 4.24. The summed E-state index contributed by atoms with van der Waals surface area (Å²) in [5, 5.41) is 38.0. The number of rotatable bonds is 8. The molecule has 1 aliphatic heterocycles. The van der Waals surface area contributed by atoms with Gasteiger partial charge in [0.25, 0.3) is 0 Å². The molecule has 2 heterocycles. The van der Waals surface area contributed by atoms with E-state index < -0.39 is 43.1 Å². The van der Waals surface area contributed by atoms with Crippen molar-refractivity contribution in [2.24, 2.45) is 0 Å². The highest BCUT2D eigenvalue weighted by Gasteiger charge is 2.46. The molecule has 1 aromatic carbocycles. The number of aliphatic hydroxyl groups is 3. The molecule has 1 aliphatic rings. The summed E-state index contributed by atoms with van der Waals surface area (Å²) in [6.45, 7) is 5.60. The van der Waals surface area contributed by atoms with Crippen molar-refractivity contribution in [3.05, 3.63) is 34.6 Å². The minimum absolute atomic E-state index is 0.373. The summed E-state index contributed by atoms with van der Waals surface area (Å²) in [6, 6.07) is 6.92. The number of nitrogens with one attached hydrogen (secondary N) is 1. The van der Waals surface area contributed by atoms with Crippen LogP contribution in [0.3, 0.4) is 0 Å². The molecule has 32 heavy (non-hydrogen) atoms. The largest absolute Gasteiger partial charge is 0.394 e. The summed E-state index contributed by atoms with van der Waals surface area (Å²) < 4.78 is 9.64. The Morgan fingerprint density at radius 2 is 1.91 bits per heavy atom. The first kappa shape index (κ1) is 24.5. The molecule has 2 aromatic rings. The van der Waals surface area contributed by atoms with Crippen LogP contribution in [0.5, 0.6) is 0 Å². The van der Waals surface area contributed by atoms with Gasteiger partial charge in [-0.2, -0.15) is 0 Å². The third kappa shape index (κ3) is 5.10. The van der Waals surface area contributed by atoms with Gasteiger partial charge in [-0.05, 0) is 25.6 Å². The Morgan fingerprint density at radius 1 is 1.22 bits per heavy atom. The zero-order valence-electron chi connectivity index (χ0n) is 18.6. The first-order valence-corrected chi connectivity index (χ1v) is 11.3. The van der Waals surface area contributed by atoms with Crippen LogP contribution in [0.1, 0.15) is 44.9 Å². The van der Waals surface area contributed by atoms with Crippen LogP contribution in [0.15, 0.2) is 24.3 Å². The molecule has 0 radical (unpaired) electrons. The van der Waals surface area contributed by atoms with Crippen LogP contribution in [0.4, 0.5) is 0 Å². The van der Waals surface area contributed by atoms with Crippen LogP contribution in [-0.2, 0) is 16.1 Å². The molecule has 0 bridgehead atoms. The van der Waals surface area contributed by atoms with Crippen LogP contribution in [0.25, 0.3) is 11.4 Å².